The van der Waals surface area contributed by atoms with Crippen molar-refractivity contribution in [2.75, 3.05) is 19.7 Å². The standard InChI is InChI=1S/C21H23IN2O.ClH/c22-16-6-2-7-17(14-16)25-13-3-5-15-4-1-8-20-21(15)18-9-11-23-12-10-19(18)24-20;/h1-2,4,6-8,14,23-24H,3,5,9-13H2;1H. The first-order valence-electron chi connectivity index (χ1n) is 9.01. The van der Waals surface area contributed by atoms with Crippen LogP contribution in [0.5, 0.6) is 5.75 Å². The average Bonchev–Trinajstić information content (AvgIpc) is 2.81. The third-order valence-electron chi connectivity index (χ3n) is 4.86. The Labute approximate surface area is 174 Å². The van der Waals surface area contributed by atoms with E-state index in [-0.39, 0.29) is 12.4 Å². The Morgan fingerprint density at radius 1 is 1.04 bits per heavy atom. The largest absolute Gasteiger partial charge is 0.494 e. The van der Waals surface area contributed by atoms with E-state index < -0.39 is 0 Å². The smallest absolute Gasteiger partial charge is 0.120 e. The Morgan fingerprint density at radius 2 is 1.88 bits per heavy atom. The van der Waals surface area contributed by atoms with Gasteiger partial charge >= 0.3 is 0 Å². The number of fused-ring (bicyclic) bond motifs is 3. The van der Waals surface area contributed by atoms with E-state index in [0.29, 0.717) is 0 Å². The lowest BCUT2D eigenvalue weighted by molar-refractivity contribution is 0.311. The van der Waals surface area contributed by atoms with Crippen molar-refractivity contribution in [3.63, 3.8) is 0 Å². The minimum Gasteiger partial charge on any atom is -0.494 e. The van der Waals surface area contributed by atoms with Gasteiger partial charge in [-0.1, -0.05) is 18.2 Å². The highest BCUT2D eigenvalue weighted by molar-refractivity contribution is 14.1. The summed E-state index contributed by atoms with van der Waals surface area (Å²) in [6.07, 6.45) is 4.30. The molecule has 2 heterocycles. The Bertz CT molecular complexity index is 878. The van der Waals surface area contributed by atoms with E-state index in [4.69, 9.17) is 4.74 Å². The van der Waals surface area contributed by atoms with Gasteiger partial charge in [0.2, 0.25) is 0 Å². The van der Waals surface area contributed by atoms with E-state index in [1.165, 1.54) is 31.3 Å². The topological polar surface area (TPSA) is 37.0 Å². The summed E-state index contributed by atoms with van der Waals surface area (Å²) in [5.74, 6) is 0.965. The molecule has 0 unspecified atom stereocenters. The molecule has 3 aromatic rings. The second-order valence-electron chi connectivity index (χ2n) is 6.58. The highest BCUT2D eigenvalue weighted by Crippen LogP contribution is 2.28. The molecule has 0 radical (unpaired) electrons. The zero-order valence-corrected chi connectivity index (χ0v) is 17.7. The number of benzene rings is 2. The number of rotatable bonds is 5. The summed E-state index contributed by atoms with van der Waals surface area (Å²) in [6, 6.07) is 14.9. The molecule has 1 aromatic heterocycles. The fraction of sp³-hybridized carbons (Fsp3) is 0.333. The molecule has 138 valence electrons. The van der Waals surface area contributed by atoms with Gasteiger partial charge in [0.05, 0.1) is 6.61 Å². The summed E-state index contributed by atoms with van der Waals surface area (Å²) in [5, 5.41) is 4.95. The van der Waals surface area contributed by atoms with E-state index in [9.17, 15) is 0 Å². The lowest BCUT2D eigenvalue weighted by Gasteiger charge is -2.09. The van der Waals surface area contributed by atoms with Gasteiger partial charge in [-0.3, -0.25) is 0 Å². The SMILES string of the molecule is Cl.Ic1cccc(OCCCc2cccc3[nH]c4c(c23)CCNCC4)c1. The van der Waals surface area contributed by atoms with Crippen molar-refractivity contribution in [3.8, 4) is 5.75 Å². The molecule has 2 N–H and O–H groups in total. The maximum Gasteiger partial charge on any atom is 0.120 e. The normalized spacial score (nSPS) is 13.7. The zero-order valence-electron chi connectivity index (χ0n) is 14.7. The van der Waals surface area contributed by atoms with Crippen LogP contribution in [0.3, 0.4) is 0 Å². The van der Waals surface area contributed by atoms with Crippen LogP contribution in [0, 0.1) is 3.57 Å². The number of aryl methyl sites for hydroxylation is 1. The van der Waals surface area contributed by atoms with Crippen molar-refractivity contribution >= 4 is 45.9 Å². The van der Waals surface area contributed by atoms with Crippen molar-refractivity contribution in [1.29, 1.82) is 0 Å². The minimum atomic E-state index is 0. The number of ether oxygens (including phenoxy) is 1. The lowest BCUT2D eigenvalue weighted by atomic mass is 9.99. The Hall–Kier alpha value is -1.24. The Kier molecular flexibility index (Phi) is 6.84. The van der Waals surface area contributed by atoms with E-state index in [0.717, 1.165) is 51.1 Å². The van der Waals surface area contributed by atoms with Gasteiger partial charge in [0.25, 0.3) is 0 Å². The maximum absolute atomic E-state index is 5.91. The number of hydrogen-bond donors (Lipinski definition) is 2. The molecule has 26 heavy (non-hydrogen) atoms. The third-order valence-corrected chi connectivity index (χ3v) is 5.53. The van der Waals surface area contributed by atoms with E-state index in [1.807, 2.05) is 12.1 Å². The number of halogens is 2. The van der Waals surface area contributed by atoms with Crippen LogP contribution in [0.1, 0.15) is 23.2 Å². The predicted octanol–water partition coefficient (Wildman–Crippen LogP) is 4.89. The number of H-pyrrole nitrogens is 1. The molecule has 0 fully saturated rings. The number of aromatic nitrogens is 1. The highest BCUT2D eigenvalue weighted by atomic mass is 127. The van der Waals surface area contributed by atoms with Crippen molar-refractivity contribution in [2.24, 2.45) is 0 Å². The number of nitrogens with one attached hydrogen (secondary N) is 2. The summed E-state index contributed by atoms with van der Waals surface area (Å²) in [7, 11) is 0. The van der Waals surface area contributed by atoms with Gasteiger partial charge in [0.1, 0.15) is 5.75 Å². The summed E-state index contributed by atoms with van der Waals surface area (Å²) < 4.78 is 7.12. The molecule has 1 aliphatic heterocycles. The summed E-state index contributed by atoms with van der Waals surface area (Å²) in [4.78, 5) is 3.65. The number of hydrogen-bond acceptors (Lipinski definition) is 2. The van der Waals surface area contributed by atoms with Gasteiger partial charge < -0.3 is 15.0 Å². The van der Waals surface area contributed by atoms with Gasteiger partial charge in [-0.25, -0.2) is 0 Å². The molecular formula is C21H24ClIN2O. The van der Waals surface area contributed by atoms with Crippen molar-refractivity contribution in [2.45, 2.75) is 25.7 Å². The molecule has 1 aliphatic rings. The minimum absolute atomic E-state index is 0. The molecule has 0 atom stereocenters. The van der Waals surface area contributed by atoms with Crippen LogP contribution >= 0.6 is 35.0 Å². The fourth-order valence-corrected chi connectivity index (χ4v) is 4.22. The first kappa shape index (κ1) is 19.5. The van der Waals surface area contributed by atoms with E-state index in [1.54, 1.807) is 0 Å². The summed E-state index contributed by atoms with van der Waals surface area (Å²) in [6.45, 7) is 2.90. The van der Waals surface area contributed by atoms with Crippen molar-refractivity contribution in [1.82, 2.24) is 10.3 Å². The molecule has 5 heteroatoms. The number of aromatic amines is 1. The van der Waals surface area contributed by atoms with Crippen LogP contribution in [-0.4, -0.2) is 24.7 Å². The van der Waals surface area contributed by atoms with Crippen LogP contribution in [0.4, 0.5) is 0 Å². The Morgan fingerprint density at radius 3 is 2.77 bits per heavy atom. The quantitative estimate of drug-likeness (QED) is 0.401. The molecule has 0 aliphatic carbocycles. The van der Waals surface area contributed by atoms with Gasteiger partial charge in [0.15, 0.2) is 0 Å². The molecule has 0 saturated carbocycles. The second kappa shape index (κ2) is 9.11. The van der Waals surface area contributed by atoms with Gasteiger partial charge in [-0.2, -0.15) is 0 Å². The van der Waals surface area contributed by atoms with Crippen molar-refractivity contribution < 1.29 is 4.74 Å². The van der Waals surface area contributed by atoms with E-state index >= 15 is 0 Å². The fourth-order valence-electron chi connectivity index (χ4n) is 3.71. The molecule has 2 aromatic carbocycles. The first-order chi connectivity index (χ1) is 12.3. The van der Waals surface area contributed by atoms with Crippen LogP contribution in [0.15, 0.2) is 42.5 Å². The van der Waals surface area contributed by atoms with Gasteiger partial charge in [-0.05, 0) is 83.8 Å². The molecule has 0 saturated heterocycles. The van der Waals surface area contributed by atoms with Crippen LogP contribution < -0.4 is 10.1 Å². The Balaban J connectivity index is 0.00000196. The van der Waals surface area contributed by atoms with Crippen LogP contribution in [0.2, 0.25) is 0 Å². The average molecular weight is 483 g/mol. The lowest BCUT2D eigenvalue weighted by Crippen LogP contribution is -2.16. The first-order valence-corrected chi connectivity index (χ1v) is 10.1. The molecule has 0 bridgehead atoms. The molecule has 4 rings (SSSR count). The van der Waals surface area contributed by atoms with Crippen LogP contribution in [0.25, 0.3) is 10.9 Å². The van der Waals surface area contributed by atoms with Crippen molar-refractivity contribution in [3.05, 3.63) is 62.9 Å². The monoisotopic (exact) mass is 482 g/mol. The van der Waals surface area contributed by atoms with Gasteiger partial charge in [-0.15, -0.1) is 12.4 Å². The van der Waals surface area contributed by atoms with Gasteiger partial charge in [0, 0.05) is 33.1 Å². The van der Waals surface area contributed by atoms with E-state index in [2.05, 4.69) is 63.2 Å². The predicted molar refractivity (Wildman–Crippen MR) is 119 cm³/mol. The van der Waals surface area contributed by atoms with Crippen LogP contribution in [-0.2, 0) is 19.3 Å². The molecular weight excluding hydrogens is 459 g/mol. The molecule has 0 spiro atoms. The second-order valence-corrected chi connectivity index (χ2v) is 7.83. The third kappa shape index (κ3) is 4.35. The summed E-state index contributed by atoms with van der Waals surface area (Å²) in [5.41, 5.74) is 5.68. The zero-order chi connectivity index (χ0) is 17.1. The molecule has 0 amide bonds. The maximum atomic E-state index is 5.91. The highest BCUT2D eigenvalue weighted by Gasteiger charge is 2.16. The molecule has 3 nitrogen and oxygen atoms in total. The summed E-state index contributed by atoms with van der Waals surface area (Å²) >= 11 is 2.32.